The lowest BCUT2D eigenvalue weighted by atomic mass is 10.3. The Kier molecular flexibility index (Phi) is 4.06. The topological polar surface area (TPSA) is 73.3 Å². The van der Waals surface area contributed by atoms with E-state index in [0.717, 1.165) is 6.08 Å². The number of allylic oxidation sites excluding steroid dienone is 1. The first kappa shape index (κ1) is 13.8. The summed E-state index contributed by atoms with van der Waals surface area (Å²) in [6.07, 6.45) is 1.47. The molecule has 0 bridgehead atoms. The first-order valence-electron chi connectivity index (χ1n) is 5.23. The van der Waals surface area contributed by atoms with E-state index in [9.17, 15) is 12.8 Å². The fourth-order valence-corrected chi connectivity index (χ4v) is 2.60. The van der Waals surface area contributed by atoms with Gasteiger partial charge in [-0.15, -0.1) is 0 Å². The second-order valence-electron chi connectivity index (χ2n) is 3.60. The molecule has 0 radical (unpaired) electrons. The average Bonchev–Trinajstić information content (AvgIpc) is 2.97. The molecule has 0 saturated heterocycles. The first-order valence-corrected chi connectivity index (χ1v) is 7.26. The Hall–Kier alpha value is -1.60. The highest BCUT2D eigenvalue weighted by Gasteiger charge is 2.21. The molecule has 0 aromatic carbocycles. The molecule has 0 aliphatic heterocycles. The average molecular weight is 306 g/mol. The van der Waals surface area contributed by atoms with Gasteiger partial charge in [0.1, 0.15) is 0 Å². The van der Waals surface area contributed by atoms with Crippen LogP contribution >= 0.6 is 11.6 Å². The van der Waals surface area contributed by atoms with Gasteiger partial charge in [0.15, 0.2) is 16.7 Å². The van der Waals surface area contributed by atoms with E-state index in [2.05, 4.69) is 5.16 Å². The lowest BCUT2D eigenvalue weighted by Crippen LogP contribution is -2.04. The molecule has 0 aliphatic carbocycles. The predicted octanol–water partition coefficient (Wildman–Crippen LogP) is 3.24. The van der Waals surface area contributed by atoms with Gasteiger partial charge in [-0.25, -0.2) is 12.8 Å². The van der Waals surface area contributed by atoms with E-state index in [1.165, 1.54) is 12.1 Å². The molecule has 5 nitrogen and oxygen atoms in total. The second-order valence-corrected chi connectivity index (χ2v) is 6.02. The number of rotatable bonds is 5. The molecule has 0 unspecified atom stereocenters. The summed E-state index contributed by atoms with van der Waals surface area (Å²) in [6.45, 7) is 0. The summed E-state index contributed by atoms with van der Waals surface area (Å²) in [5, 5.41) is 3.47. The van der Waals surface area contributed by atoms with Gasteiger partial charge < -0.3 is 8.94 Å². The Bertz CT molecular complexity index is 689. The number of hydrogen-bond donors (Lipinski definition) is 0. The van der Waals surface area contributed by atoms with E-state index >= 15 is 0 Å². The molecule has 0 saturated carbocycles. The molecular formula is C11H9ClFNO4S. The van der Waals surface area contributed by atoms with Gasteiger partial charge >= 0.3 is 0 Å². The summed E-state index contributed by atoms with van der Waals surface area (Å²) in [6, 6.07) is 4.29. The molecule has 8 heteroatoms. The lowest BCUT2D eigenvalue weighted by Gasteiger charge is -1.95. The highest BCUT2D eigenvalue weighted by Crippen LogP contribution is 2.26. The normalized spacial score (nSPS) is 12.3. The third-order valence-electron chi connectivity index (χ3n) is 2.26. The summed E-state index contributed by atoms with van der Waals surface area (Å²) in [5.41, 5.74) is 0.228. The van der Waals surface area contributed by atoms with Crippen LogP contribution in [0.3, 0.4) is 0 Å². The van der Waals surface area contributed by atoms with E-state index in [1.807, 2.05) is 0 Å². The molecule has 0 aliphatic rings. The minimum Gasteiger partial charge on any atom is -0.443 e. The van der Waals surface area contributed by atoms with E-state index < -0.39 is 9.84 Å². The Morgan fingerprint density at radius 1 is 1.42 bits per heavy atom. The van der Waals surface area contributed by atoms with Crippen molar-refractivity contribution in [2.75, 3.05) is 5.75 Å². The molecule has 2 aromatic heterocycles. The van der Waals surface area contributed by atoms with Crippen LogP contribution in [-0.2, 0) is 9.84 Å². The maximum atomic E-state index is 11.8. The molecule has 0 fully saturated rings. The maximum Gasteiger partial charge on any atom is 0.251 e. The van der Waals surface area contributed by atoms with Gasteiger partial charge in [0, 0.05) is 6.07 Å². The number of halogens is 2. The highest BCUT2D eigenvalue weighted by molar-refractivity contribution is 7.91. The van der Waals surface area contributed by atoms with Crippen LogP contribution < -0.4 is 0 Å². The number of sulfone groups is 1. The number of furan rings is 1. The van der Waals surface area contributed by atoms with Crippen molar-refractivity contribution in [2.45, 2.75) is 11.5 Å². The van der Waals surface area contributed by atoms with E-state index in [-0.39, 0.29) is 28.2 Å². The van der Waals surface area contributed by atoms with Gasteiger partial charge in [0.2, 0.25) is 9.84 Å². The van der Waals surface area contributed by atoms with E-state index in [1.54, 1.807) is 6.07 Å². The zero-order valence-electron chi connectivity index (χ0n) is 9.55. The second kappa shape index (κ2) is 5.58. The molecule has 102 valence electrons. The molecule has 0 atom stereocenters. The summed E-state index contributed by atoms with van der Waals surface area (Å²) in [4.78, 5) is 0. The highest BCUT2D eigenvalue weighted by atomic mass is 35.5. The van der Waals surface area contributed by atoms with Crippen LogP contribution in [0.25, 0.3) is 11.5 Å². The van der Waals surface area contributed by atoms with E-state index in [4.69, 9.17) is 20.5 Å². The zero-order chi connectivity index (χ0) is 13.9. The standard InChI is InChI=1S/C11H9ClFNO4S/c12-10-4-3-9(17-10)8-7-11(18-14-8)19(15,16)6-2-1-5-13/h1,3-5,7H,2,6H2. The molecule has 2 aromatic rings. The Morgan fingerprint density at radius 3 is 2.84 bits per heavy atom. The third-order valence-corrected chi connectivity index (χ3v) is 4.04. The maximum absolute atomic E-state index is 11.8. The first-order chi connectivity index (χ1) is 9.03. The van der Waals surface area contributed by atoms with Crippen LogP contribution in [-0.4, -0.2) is 19.3 Å². The third kappa shape index (κ3) is 3.24. The summed E-state index contributed by atoms with van der Waals surface area (Å²) < 4.78 is 45.2. The van der Waals surface area contributed by atoms with Crippen LogP contribution in [0.15, 0.2) is 44.6 Å². The SMILES string of the molecule is O=S(=O)(CCC=CF)c1cc(-c2ccc(Cl)o2)no1. The summed E-state index contributed by atoms with van der Waals surface area (Å²) >= 11 is 5.61. The fraction of sp³-hybridized carbons (Fsp3) is 0.182. The van der Waals surface area contributed by atoms with Crippen molar-refractivity contribution in [3.8, 4) is 11.5 Å². The zero-order valence-corrected chi connectivity index (χ0v) is 11.1. The van der Waals surface area contributed by atoms with Crippen molar-refractivity contribution >= 4 is 21.4 Å². The number of hydrogen-bond acceptors (Lipinski definition) is 5. The van der Waals surface area contributed by atoms with Crippen molar-refractivity contribution in [2.24, 2.45) is 0 Å². The van der Waals surface area contributed by atoms with Crippen LogP contribution in [0.4, 0.5) is 4.39 Å². The van der Waals surface area contributed by atoms with Crippen molar-refractivity contribution in [1.29, 1.82) is 0 Å². The number of aromatic nitrogens is 1. The van der Waals surface area contributed by atoms with Gasteiger partial charge in [-0.1, -0.05) is 11.2 Å². The minimum absolute atomic E-state index is 0.0570. The largest absolute Gasteiger partial charge is 0.443 e. The van der Waals surface area contributed by atoms with Crippen LogP contribution in [0.1, 0.15) is 6.42 Å². The molecule has 19 heavy (non-hydrogen) atoms. The van der Waals surface area contributed by atoms with Crippen LogP contribution in [0.2, 0.25) is 5.22 Å². The molecule has 2 rings (SSSR count). The van der Waals surface area contributed by atoms with Gasteiger partial charge in [-0.3, -0.25) is 0 Å². The smallest absolute Gasteiger partial charge is 0.251 e. The Labute approximate surface area is 113 Å². The van der Waals surface area contributed by atoms with Crippen molar-refractivity contribution in [3.05, 3.63) is 35.8 Å². The Balaban J connectivity index is 2.21. The summed E-state index contributed by atoms with van der Waals surface area (Å²) in [5.74, 6) is 0.0416. The predicted molar refractivity (Wildman–Crippen MR) is 66.1 cm³/mol. The van der Waals surface area contributed by atoms with Crippen LogP contribution in [0.5, 0.6) is 0 Å². The van der Waals surface area contributed by atoms with Crippen LogP contribution in [0, 0.1) is 0 Å². The van der Waals surface area contributed by atoms with Gasteiger partial charge in [-0.2, -0.15) is 0 Å². The summed E-state index contributed by atoms with van der Waals surface area (Å²) in [7, 11) is -3.63. The van der Waals surface area contributed by atoms with E-state index in [0.29, 0.717) is 12.1 Å². The van der Waals surface area contributed by atoms with Crippen molar-refractivity contribution in [1.82, 2.24) is 5.16 Å². The molecule has 0 N–H and O–H groups in total. The molecule has 0 amide bonds. The lowest BCUT2D eigenvalue weighted by molar-refractivity contribution is 0.339. The fourth-order valence-electron chi connectivity index (χ4n) is 1.36. The van der Waals surface area contributed by atoms with Gasteiger partial charge in [-0.05, 0) is 30.2 Å². The van der Waals surface area contributed by atoms with Gasteiger partial charge in [0.25, 0.3) is 5.09 Å². The molecular weight excluding hydrogens is 297 g/mol. The number of nitrogens with zero attached hydrogens (tertiary/aromatic N) is 1. The van der Waals surface area contributed by atoms with Crippen molar-refractivity contribution in [3.63, 3.8) is 0 Å². The molecule has 2 heterocycles. The minimum atomic E-state index is -3.63. The van der Waals surface area contributed by atoms with Crippen molar-refractivity contribution < 1.29 is 21.7 Å². The molecule has 0 spiro atoms. The monoisotopic (exact) mass is 305 g/mol. The van der Waals surface area contributed by atoms with Gasteiger partial charge in [0.05, 0.1) is 12.1 Å². The quantitative estimate of drug-likeness (QED) is 0.848. The Morgan fingerprint density at radius 2 is 2.21 bits per heavy atom.